The second kappa shape index (κ2) is 8.67. The Hall–Kier alpha value is -3.19. The molecule has 0 saturated heterocycles. The number of aromatic nitrogens is 2. The summed E-state index contributed by atoms with van der Waals surface area (Å²) in [5, 5.41) is 3.43. The highest BCUT2D eigenvalue weighted by Gasteiger charge is 2.18. The monoisotopic (exact) mass is 427 g/mol. The maximum atomic E-state index is 13.3. The maximum Gasteiger partial charge on any atom is 0.336 e. The van der Waals surface area contributed by atoms with Gasteiger partial charge in [-0.05, 0) is 62.7 Å². The summed E-state index contributed by atoms with van der Waals surface area (Å²) in [6.07, 6.45) is 0.745. The van der Waals surface area contributed by atoms with E-state index in [1.54, 1.807) is 18.2 Å². The maximum absolute atomic E-state index is 13.3. The molecule has 0 spiro atoms. The predicted octanol–water partition coefficient (Wildman–Crippen LogP) is 2.92. The van der Waals surface area contributed by atoms with Gasteiger partial charge in [-0.1, -0.05) is 18.5 Å². The average Bonchev–Trinajstić information content (AvgIpc) is 2.71. The molecule has 156 valence electrons. The van der Waals surface area contributed by atoms with Gasteiger partial charge in [0.2, 0.25) is 5.91 Å². The Morgan fingerprint density at radius 2 is 1.77 bits per heavy atom. The fourth-order valence-corrected chi connectivity index (χ4v) is 3.30. The molecule has 1 amide bonds. The van der Waals surface area contributed by atoms with Crippen LogP contribution in [0, 0.1) is 0 Å². The van der Waals surface area contributed by atoms with E-state index in [4.69, 9.17) is 11.6 Å². The van der Waals surface area contributed by atoms with Crippen LogP contribution in [0.4, 0.5) is 0 Å². The summed E-state index contributed by atoms with van der Waals surface area (Å²) in [5.41, 5.74) is -0.130. The number of fused-ring (bicyclic) bond motifs is 1. The standard InChI is InChI=1S/C22H22ClN3O4/c1-4-13(2)24-20(28)12-25-19-11-16(23)7-10-18(19)21(29)26(22(25)30)17-8-5-15(6-9-17)14(3)27/h5-11,13H,4,12H2,1-3H3,(H,24,28). The molecule has 0 fully saturated rings. The van der Waals surface area contributed by atoms with Crippen LogP contribution >= 0.6 is 11.6 Å². The fourth-order valence-electron chi connectivity index (χ4n) is 3.13. The molecular weight excluding hydrogens is 406 g/mol. The summed E-state index contributed by atoms with van der Waals surface area (Å²) < 4.78 is 2.23. The van der Waals surface area contributed by atoms with Crippen LogP contribution in [0.5, 0.6) is 0 Å². The highest BCUT2D eigenvalue weighted by Crippen LogP contribution is 2.17. The summed E-state index contributed by atoms with van der Waals surface area (Å²) in [6, 6.07) is 10.7. The van der Waals surface area contributed by atoms with E-state index in [1.807, 2.05) is 13.8 Å². The van der Waals surface area contributed by atoms with Crippen LogP contribution in [0.25, 0.3) is 16.6 Å². The molecule has 1 aromatic heterocycles. The summed E-state index contributed by atoms with van der Waals surface area (Å²) in [6.45, 7) is 4.99. The van der Waals surface area contributed by atoms with E-state index in [0.29, 0.717) is 16.3 Å². The summed E-state index contributed by atoms with van der Waals surface area (Å²) in [4.78, 5) is 50.4. The molecule has 1 N–H and O–H groups in total. The van der Waals surface area contributed by atoms with E-state index >= 15 is 0 Å². The minimum Gasteiger partial charge on any atom is -0.352 e. The van der Waals surface area contributed by atoms with Gasteiger partial charge in [-0.3, -0.25) is 19.0 Å². The highest BCUT2D eigenvalue weighted by atomic mass is 35.5. The van der Waals surface area contributed by atoms with Crippen LogP contribution in [-0.4, -0.2) is 26.9 Å². The van der Waals surface area contributed by atoms with E-state index in [0.717, 1.165) is 11.0 Å². The number of amides is 1. The van der Waals surface area contributed by atoms with Crippen molar-refractivity contribution in [3.05, 3.63) is 73.9 Å². The molecule has 0 saturated carbocycles. The number of hydrogen-bond donors (Lipinski definition) is 1. The second-order valence-electron chi connectivity index (χ2n) is 7.15. The van der Waals surface area contributed by atoms with Crippen LogP contribution < -0.4 is 16.6 Å². The van der Waals surface area contributed by atoms with Crippen LogP contribution in [-0.2, 0) is 11.3 Å². The molecule has 0 bridgehead atoms. The smallest absolute Gasteiger partial charge is 0.336 e. The molecule has 3 aromatic rings. The number of nitrogens with one attached hydrogen (secondary N) is 1. The molecule has 1 unspecified atom stereocenters. The van der Waals surface area contributed by atoms with Crippen molar-refractivity contribution in [3.8, 4) is 5.69 Å². The second-order valence-corrected chi connectivity index (χ2v) is 7.59. The number of nitrogens with zero attached hydrogens (tertiary/aromatic N) is 2. The van der Waals surface area contributed by atoms with Crippen molar-refractivity contribution in [1.82, 2.24) is 14.5 Å². The topological polar surface area (TPSA) is 90.2 Å². The first-order valence-corrected chi connectivity index (χ1v) is 9.96. The minimum absolute atomic E-state index is 0.0481. The first-order valence-electron chi connectivity index (χ1n) is 9.58. The molecule has 3 rings (SSSR count). The Morgan fingerprint density at radius 1 is 1.10 bits per heavy atom. The minimum atomic E-state index is -0.662. The van der Waals surface area contributed by atoms with Crippen LogP contribution in [0.1, 0.15) is 37.6 Å². The van der Waals surface area contributed by atoms with Crippen molar-refractivity contribution in [2.45, 2.75) is 39.8 Å². The van der Waals surface area contributed by atoms with Gasteiger partial charge in [-0.25, -0.2) is 9.36 Å². The molecule has 0 aliphatic carbocycles. The third-order valence-corrected chi connectivity index (χ3v) is 5.19. The quantitative estimate of drug-likeness (QED) is 0.612. The zero-order valence-corrected chi connectivity index (χ0v) is 17.7. The number of ketones is 1. The van der Waals surface area contributed by atoms with Gasteiger partial charge in [0.15, 0.2) is 5.78 Å². The normalized spacial score (nSPS) is 12.0. The summed E-state index contributed by atoms with van der Waals surface area (Å²) >= 11 is 6.09. The molecule has 7 nitrogen and oxygen atoms in total. The lowest BCUT2D eigenvalue weighted by molar-refractivity contribution is -0.122. The third kappa shape index (κ3) is 4.21. The fraction of sp³-hybridized carbons (Fsp3) is 0.273. The first kappa shape index (κ1) is 21.5. The van der Waals surface area contributed by atoms with Crippen molar-refractivity contribution in [3.63, 3.8) is 0 Å². The van der Waals surface area contributed by atoms with E-state index in [1.165, 1.54) is 35.8 Å². The van der Waals surface area contributed by atoms with Gasteiger partial charge in [0.05, 0.1) is 16.6 Å². The lowest BCUT2D eigenvalue weighted by atomic mass is 10.1. The Balaban J connectivity index is 2.23. The highest BCUT2D eigenvalue weighted by molar-refractivity contribution is 6.31. The molecule has 2 aromatic carbocycles. The van der Waals surface area contributed by atoms with Crippen molar-refractivity contribution >= 4 is 34.2 Å². The predicted molar refractivity (Wildman–Crippen MR) is 117 cm³/mol. The lowest BCUT2D eigenvalue weighted by Gasteiger charge is -2.16. The average molecular weight is 428 g/mol. The third-order valence-electron chi connectivity index (χ3n) is 4.96. The Morgan fingerprint density at radius 3 is 2.37 bits per heavy atom. The zero-order valence-electron chi connectivity index (χ0n) is 16.9. The van der Waals surface area contributed by atoms with Crippen LogP contribution in [0.2, 0.25) is 5.02 Å². The van der Waals surface area contributed by atoms with Crippen molar-refractivity contribution in [1.29, 1.82) is 0 Å². The van der Waals surface area contributed by atoms with Gasteiger partial charge < -0.3 is 5.32 Å². The van der Waals surface area contributed by atoms with E-state index in [2.05, 4.69) is 5.32 Å². The number of benzene rings is 2. The van der Waals surface area contributed by atoms with Gasteiger partial charge >= 0.3 is 5.69 Å². The van der Waals surface area contributed by atoms with Crippen LogP contribution in [0.3, 0.4) is 0 Å². The molecule has 0 radical (unpaired) electrons. The Labute approximate surface area is 177 Å². The number of halogens is 1. The molecule has 1 atom stereocenters. The Kier molecular flexibility index (Phi) is 6.22. The van der Waals surface area contributed by atoms with E-state index in [9.17, 15) is 19.2 Å². The summed E-state index contributed by atoms with van der Waals surface area (Å²) in [5.74, 6) is -0.467. The number of carbonyl (C=O) groups is 2. The van der Waals surface area contributed by atoms with Crippen molar-refractivity contribution < 1.29 is 9.59 Å². The molecule has 0 aliphatic rings. The van der Waals surface area contributed by atoms with Gasteiger partial charge in [-0.2, -0.15) is 0 Å². The molecule has 30 heavy (non-hydrogen) atoms. The molecule has 0 aliphatic heterocycles. The number of carbonyl (C=O) groups excluding carboxylic acids is 2. The van der Waals surface area contributed by atoms with Gasteiger partial charge in [0.1, 0.15) is 6.54 Å². The molecule has 1 heterocycles. The largest absolute Gasteiger partial charge is 0.352 e. The van der Waals surface area contributed by atoms with E-state index in [-0.39, 0.29) is 35.2 Å². The van der Waals surface area contributed by atoms with Crippen molar-refractivity contribution in [2.24, 2.45) is 0 Å². The zero-order chi connectivity index (χ0) is 22.0. The SMILES string of the molecule is CCC(C)NC(=O)Cn1c(=O)n(-c2ccc(C(C)=O)cc2)c(=O)c2ccc(Cl)cc21. The first-order chi connectivity index (χ1) is 14.2. The molecule has 8 heteroatoms. The van der Waals surface area contributed by atoms with Gasteiger partial charge in [0.25, 0.3) is 5.56 Å². The van der Waals surface area contributed by atoms with Gasteiger partial charge in [-0.15, -0.1) is 0 Å². The lowest BCUT2D eigenvalue weighted by Crippen LogP contribution is -2.43. The number of Topliss-reactive ketones (excluding diaryl/α,β-unsaturated/α-hetero) is 1. The number of hydrogen-bond acceptors (Lipinski definition) is 4. The Bertz CT molecular complexity index is 1240. The number of rotatable bonds is 6. The van der Waals surface area contributed by atoms with Crippen LogP contribution in [0.15, 0.2) is 52.1 Å². The molecular formula is C22H22ClN3O4. The van der Waals surface area contributed by atoms with E-state index < -0.39 is 11.2 Å². The van der Waals surface area contributed by atoms with Gasteiger partial charge in [0, 0.05) is 16.6 Å². The summed E-state index contributed by atoms with van der Waals surface area (Å²) in [7, 11) is 0. The van der Waals surface area contributed by atoms with Crippen molar-refractivity contribution in [2.75, 3.05) is 0 Å².